The van der Waals surface area contributed by atoms with Crippen LogP contribution in [0.25, 0.3) is 10.9 Å². The number of nitrogens with zero attached hydrogens (tertiary/aromatic N) is 3. The highest BCUT2D eigenvalue weighted by Crippen LogP contribution is 2.29. The fraction of sp³-hybridized carbons (Fsp3) is 0.125. The molecule has 0 amide bonds. The highest BCUT2D eigenvalue weighted by Gasteiger charge is 2.09. The summed E-state index contributed by atoms with van der Waals surface area (Å²) in [6.07, 6.45) is 0. The number of ether oxygens (including phenoxy) is 1. The van der Waals surface area contributed by atoms with Crippen molar-refractivity contribution in [2.75, 3.05) is 19.0 Å². The number of benzene rings is 2. The van der Waals surface area contributed by atoms with Crippen LogP contribution in [0.5, 0.6) is 11.6 Å². The Morgan fingerprint density at radius 2 is 1.81 bits per heavy atom. The predicted molar refractivity (Wildman–Crippen MR) is 85.4 cm³/mol. The van der Waals surface area contributed by atoms with Crippen molar-refractivity contribution in [2.45, 2.75) is 0 Å². The van der Waals surface area contributed by atoms with Crippen LogP contribution in [0, 0.1) is 0 Å². The first-order chi connectivity index (χ1) is 10.1. The molecule has 0 fully saturated rings. The largest absolute Gasteiger partial charge is 0.438 e. The Hall–Kier alpha value is -2.33. The fourth-order valence-corrected chi connectivity index (χ4v) is 2.20. The molecular weight excluding hydrogens is 286 g/mol. The average Bonchev–Trinajstić information content (AvgIpc) is 2.47. The summed E-state index contributed by atoms with van der Waals surface area (Å²) < 4.78 is 5.90. The molecule has 0 saturated carbocycles. The summed E-state index contributed by atoms with van der Waals surface area (Å²) in [4.78, 5) is 10.4. The summed E-state index contributed by atoms with van der Waals surface area (Å²) in [5.74, 6) is 1.17. The second-order valence-corrected chi connectivity index (χ2v) is 5.15. The first kappa shape index (κ1) is 13.6. The number of aromatic nitrogens is 2. The molecule has 0 saturated heterocycles. The quantitative estimate of drug-likeness (QED) is 0.681. The zero-order chi connectivity index (χ0) is 14.8. The Morgan fingerprint density at radius 1 is 1.00 bits per heavy atom. The molecule has 5 heteroatoms. The Kier molecular flexibility index (Phi) is 3.62. The van der Waals surface area contributed by atoms with Crippen molar-refractivity contribution >= 4 is 28.2 Å². The molecule has 1 aromatic heterocycles. The second-order valence-electron chi connectivity index (χ2n) is 4.81. The van der Waals surface area contributed by atoms with Crippen LogP contribution in [-0.2, 0) is 0 Å². The van der Waals surface area contributed by atoms with Crippen LogP contribution in [0.2, 0.25) is 5.28 Å². The predicted octanol–water partition coefficient (Wildman–Crippen LogP) is 4.14. The number of halogens is 1. The Labute approximate surface area is 128 Å². The molecule has 0 N–H and O–H groups in total. The van der Waals surface area contributed by atoms with E-state index in [4.69, 9.17) is 16.3 Å². The smallest absolute Gasteiger partial charge is 0.231 e. The number of hydrogen-bond donors (Lipinski definition) is 0. The molecule has 4 nitrogen and oxygen atoms in total. The Bertz CT molecular complexity index is 789. The van der Waals surface area contributed by atoms with Gasteiger partial charge in [0.2, 0.25) is 11.2 Å². The van der Waals surface area contributed by atoms with Crippen molar-refractivity contribution in [1.82, 2.24) is 9.97 Å². The maximum atomic E-state index is 5.96. The van der Waals surface area contributed by atoms with Crippen LogP contribution in [0.1, 0.15) is 0 Å². The van der Waals surface area contributed by atoms with Crippen LogP contribution >= 0.6 is 11.6 Å². The van der Waals surface area contributed by atoms with Gasteiger partial charge >= 0.3 is 0 Å². The minimum Gasteiger partial charge on any atom is -0.438 e. The van der Waals surface area contributed by atoms with Crippen molar-refractivity contribution in [2.24, 2.45) is 0 Å². The number of para-hydroxylation sites is 1. The third kappa shape index (κ3) is 2.90. The van der Waals surface area contributed by atoms with Crippen molar-refractivity contribution in [1.29, 1.82) is 0 Å². The van der Waals surface area contributed by atoms with Crippen molar-refractivity contribution in [3.8, 4) is 11.6 Å². The number of hydrogen-bond acceptors (Lipinski definition) is 4. The maximum Gasteiger partial charge on any atom is 0.231 e. The van der Waals surface area contributed by atoms with Crippen molar-refractivity contribution in [3.63, 3.8) is 0 Å². The van der Waals surface area contributed by atoms with Gasteiger partial charge in [0.15, 0.2) is 0 Å². The lowest BCUT2D eigenvalue weighted by Crippen LogP contribution is -2.08. The molecule has 0 bridgehead atoms. The summed E-state index contributed by atoms with van der Waals surface area (Å²) in [5.41, 5.74) is 1.81. The van der Waals surface area contributed by atoms with Gasteiger partial charge in [-0.1, -0.05) is 18.2 Å². The minimum absolute atomic E-state index is 0.174. The molecule has 0 atom stereocenters. The number of anilines is 1. The molecule has 1 heterocycles. The van der Waals surface area contributed by atoms with Gasteiger partial charge in [0.1, 0.15) is 5.75 Å². The monoisotopic (exact) mass is 299 g/mol. The third-order valence-electron chi connectivity index (χ3n) is 3.09. The third-order valence-corrected chi connectivity index (χ3v) is 3.26. The van der Waals surface area contributed by atoms with Crippen LogP contribution in [0.4, 0.5) is 5.69 Å². The minimum atomic E-state index is 0.174. The first-order valence-corrected chi connectivity index (χ1v) is 6.89. The first-order valence-electron chi connectivity index (χ1n) is 6.51. The van der Waals surface area contributed by atoms with Crippen LogP contribution in [0.15, 0.2) is 48.5 Å². The highest BCUT2D eigenvalue weighted by molar-refractivity contribution is 6.28. The molecule has 2 aromatic carbocycles. The molecule has 0 aliphatic rings. The molecule has 21 heavy (non-hydrogen) atoms. The van der Waals surface area contributed by atoms with Gasteiger partial charge < -0.3 is 9.64 Å². The summed E-state index contributed by atoms with van der Waals surface area (Å²) in [5, 5.41) is 1.00. The van der Waals surface area contributed by atoms with E-state index >= 15 is 0 Å². The molecule has 0 aliphatic carbocycles. The molecule has 0 unspecified atom stereocenters. The fourth-order valence-electron chi connectivity index (χ4n) is 2.03. The summed E-state index contributed by atoms with van der Waals surface area (Å²) in [6, 6.07) is 15.4. The van der Waals surface area contributed by atoms with Crippen molar-refractivity contribution < 1.29 is 4.74 Å². The van der Waals surface area contributed by atoms with Crippen molar-refractivity contribution in [3.05, 3.63) is 53.8 Å². The summed E-state index contributed by atoms with van der Waals surface area (Å²) in [6.45, 7) is 0. The summed E-state index contributed by atoms with van der Waals surface area (Å²) in [7, 11) is 3.96. The van der Waals surface area contributed by atoms with Gasteiger partial charge in [-0.2, -0.15) is 4.98 Å². The van der Waals surface area contributed by atoms with Crippen LogP contribution in [0.3, 0.4) is 0 Å². The molecule has 0 spiro atoms. The Balaban J connectivity index is 2.03. The van der Waals surface area contributed by atoms with Gasteiger partial charge in [0.25, 0.3) is 0 Å². The molecule has 3 rings (SSSR count). The lowest BCUT2D eigenvalue weighted by molar-refractivity contribution is 0.468. The van der Waals surface area contributed by atoms with E-state index in [1.807, 2.05) is 67.5 Å². The van der Waals surface area contributed by atoms with Gasteiger partial charge in [0.05, 0.1) is 10.9 Å². The lowest BCUT2D eigenvalue weighted by atomic mass is 10.2. The van der Waals surface area contributed by atoms with E-state index in [1.54, 1.807) is 0 Å². The normalized spacial score (nSPS) is 10.6. The zero-order valence-corrected chi connectivity index (χ0v) is 12.5. The molecule has 106 valence electrons. The van der Waals surface area contributed by atoms with Crippen LogP contribution < -0.4 is 9.64 Å². The van der Waals surface area contributed by atoms with E-state index in [0.717, 1.165) is 16.6 Å². The van der Waals surface area contributed by atoms with Gasteiger partial charge in [-0.15, -0.1) is 0 Å². The van der Waals surface area contributed by atoms with E-state index in [2.05, 4.69) is 9.97 Å². The highest BCUT2D eigenvalue weighted by atomic mass is 35.5. The SMILES string of the molecule is CN(C)c1cccc(Oc2nc(Cl)nc3ccccc23)c1. The molecule has 3 aromatic rings. The molecule has 0 radical (unpaired) electrons. The van der Waals surface area contributed by atoms with E-state index in [9.17, 15) is 0 Å². The Morgan fingerprint density at radius 3 is 2.62 bits per heavy atom. The molecule has 0 aliphatic heterocycles. The molecular formula is C16H14ClN3O. The van der Waals surface area contributed by atoms with Crippen LogP contribution in [-0.4, -0.2) is 24.1 Å². The van der Waals surface area contributed by atoms with E-state index < -0.39 is 0 Å². The lowest BCUT2D eigenvalue weighted by Gasteiger charge is -2.14. The van der Waals surface area contributed by atoms with E-state index in [-0.39, 0.29) is 5.28 Å². The number of fused-ring (bicyclic) bond motifs is 1. The average molecular weight is 300 g/mol. The zero-order valence-electron chi connectivity index (χ0n) is 11.7. The van der Waals surface area contributed by atoms with E-state index in [0.29, 0.717) is 11.6 Å². The topological polar surface area (TPSA) is 38.2 Å². The second kappa shape index (κ2) is 5.58. The van der Waals surface area contributed by atoms with Gasteiger partial charge in [-0.3, -0.25) is 0 Å². The van der Waals surface area contributed by atoms with E-state index in [1.165, 1.54) is 0 Å². The maximum absolute atomic E-state index is 5.96. The van der Waals surface area contributed by atoms with Gasteiger partial charge in [-0.05, 0) is 35.9 Å². The number of rotatable bonds is 3. The van der Waals surface area contributed by atoms with Gasteiger partial charge in [-0.25, -0.2) is 4.98 Å². The summed E-state index contributed by atoms with van der Waals surface area (Å²) >= 11 is 5.96. The standard InChI is InChI=1S/C16H14ClN3O/c1-20(2)11-6-5-7-12(10-11)21-15-13-8-3-4-9-14(13)18-16(17)19-15/h3-10H,1-2H3. The van der Waals surface area contributed by atoms with Gasteiger partial charge in [0, 0.05) is 25.8 Å².